The number of carbonyl (C=O) groups is 1. The van der Waals surface area contributed by atoms with Gasteiger partial charge in [0.15, 0.2) is 5.78 Å². The molecule has 1 aromatic heterocycles. The fraction of sp³-hybridized carbons (Fsp3) is 0.125. The predicted octanol–water partition coefficient (Wildman–Crippen LogP) is 2.02. The molecule has 0 saturated carbocycles. The Morgan fingerprint density at radius 2 is 1.52 bits per heavy atom. The predicted molar refractivity (Wildman–Crippen MR) is 116 cm³/mol. The van der Waals surface area contributed by atoms with Crippen molar-refractivity contribution >= 4 is 16.7 Å². The summed E-state index contributed by atoms with van der Waals surface area (Å²) in [5.41, 5.74) is 1.37. The van der Waals surface area contributed by atoms with Gasteiger partial charge in [0.05, 0.1) is 17.4 Å². The van der Waals surface area contributed by atoms with Crippen molar-refractivity contribution in [1.82, 2.24) is 9.30 Å². The van der Waals surface area contributed by atoms with Crippen molar-refractivity contribution in [2.75, 3.05) is 6.61 Å². The van der Waals surface area contributed by atoms with Gasteiger partial charge in [0, 0.05) is 5.56 Å². The maximum Gasteiger partial charge on any atom is 0.365 e. The molecule has 3 aromatic carbocycles. The Morgan fingerprint density at radius 1 is 0.839 bits per heavy atom. The molecular weight excluding hydrogens is 396 g/mol. The highest BCUT2D eigenvalue weighted by atomic mass is 16.7. The highest BCUT2D eigenvalue weighted by Crippen LogP contribution is 2.12. The summed E-state index contributed by atoms with van der Waals surface area (Å²) in [5, 5.41) is 9.36. The van der Waals surface area contributed by atoms with Gasteiger partial charge in [0.1, 0.15) is 13.2 Å². The number of ketones is 1. The van der Waals surface area contributed by atoms with Crippen molar-refractivity contribution < 1.29 is 14.7 Å². The van der Waals surface area contributed by atoms with E-state index in [0.717, 1.165) is 15.9 Å². The van der Waals surface area contributed by atoms with E-state index in [4.69, 9.17) is 9.94 Å². The van der Waals surface area contributed by atoms with Crippen LogP contribution in [0.3, 0.4) is 0 Å². The second-order valence-electron chi connectivity index (χ2n) is 7.02. The number of hydrogen-bond acceptors (Lipinski definition) is 5. The molecule has 4 aromatic rings. The number of fused-ring (bicyclic) bond motifs is 1. The highest BCUT2D eigenvalue weighted by molar-refractivity contribution is 5.96. The minimum absolute atomic E-state index is 0.0757. The number of rotatable bonds is 7. The van der Waals surface area contributed by atoms with Crippen molar-refractivity contribution in [3.63, 3.8) is 0 Å². The summed E-state index contributed by atoms with van der Waals surface area (Å²) in [6.45, 7) is -0.304. The molecule has 0 saturated heterocycles. The van der Waals surface area contributed by atoms with E-state index in [9.17, 15) is 14.4 Å². The number of nitrogens with zero attached hydrogens (tertiary/aromatic N) is 2. The van der Waals surface area contributed by atoms with E-state index in [1.165, 1.54) is 4.57 Å². The van der Waals surface area contributed by atoms with E-state index in [2.05, 4.69) is 0 Å². The van der Waals surface area contributed by atoms with E-state index < -0.39 is 17.9 Å². The molecule has 0 spiro atoms. The molecule has 0 unspecified atom stereocenters. The van der Waals surface area contributed by atoms with E-state index >= 15 is 0 Å². The van der Waals surface area contributed by atoms with Gasteiger partial charge in [-0.25, -0.2) is 4.79 Å². The summed E-state index contributed by atoms with van der Waals surface area (Å²) < 4.78 is 2.25. The van der Waals surface area contributed by atoms with Crippen LogP contribution in [0.25, 0.3) is 10.9 Å². The normalized spacial score (nSPS) is 10.9. The number of hydrogen-bond donors (Lipinski definition) is 1. The number of Topliss-reactive ketones (excluding diaryl/α,β-unsaturated/α-hetero) is 1. The van der Waals surface area contributed by atoms with Crippen LogP contribution in [0, 0.1) is 0 Å². The molecule has 0 amide bonds. The third kappa shape index (κ3) is 4.17. The van der Waals surface area contributed by atoms with Gasteiger partial charge in [-0.3, -0.25) is 14.2 Å². The van der Waals surface area contributed by atoms with Crippen LogP contribution in [0.15, 0.2) is 88.5 Å². The van der Waals surface area contributed by atoms with Crippen LogP contribution in [-0.4, -0.2) is 26.8 Å². The first kappa shape index (κ1) is 20.3. The number of aliphatic hydroxyl groups excluding tert-OH is 1. The lowest BCUT2D eigenvalue weighted by molar-refractivity contribution is 0.0776. The van der Waals surface area contributed by atoms with E-state index in [1.807, 2.05) is 30.3 Å². The standard InChI is InChI=1S/C24H20N2O5/c27-15-22(28)19-12-10-17(11-13-19)14-25-21-9-5-4-8-20(21)23(29)26(24(25)30)31-16-18-6-2-1-3-7-18/h1-13,27H,14-16H2. The maximum atomic E-state index is 13.2. The van der Waals surface area contributed by atoms with Crippen molar-refractivity contribution in [2.45, 2.75) is 13.2 Å². The first-order valence-electron chi connectivity index (χ1n) is 9.73. The summed E-state index contributed by atoms with van der Waals surface area (Å²) in [6.07, 6.45) is 0. The van der Waals surface area contributed by atoms with Crippen LogP contribution in [0.5, 0.6) is 0 Å². The maximum absolute atomic E-state index is 13.2. The highest BCUT2D eigenvalue weighted by Gasteiger charge is 2.15. The molecule has 4 rings (SSSR count). The van der Waals surface area contributed by atoms with Gasteiger partial charge < -0.3 is 9.94 Å². The molecule has 0 bridgehead atoms. The van der Waals surface area contributed by atoms with Gasteiger partial charge in [-0.1, -0.05) is 71.5 Å². The quantitative estimate of drug-likeness (QED) is 0.466. The van der Waals surface area contributed by atoms with E-state index in [0.29, 0.717) is 16.5 Å². The van der Waals surface area contributed by atoms with Gasteiger partial charge in [-0.2, -0.15) is 0 Å². The summed E-state index contributed by atoms with van der Waals surface area (Å²) in [7, 11) is 0. The second-order valence-corrected chi connectivity index (χ2v) is 7.02. The van der Waals surface area contributed by atoms with Gasteiger partial charge in [0.25, 0.3) is 5.56 Å². The second kappa shape index (κ2) is 8.81. The lowest BCUT2D eigenvalue weighted by Gasteiger charge is -2.15. The minimum atomic E-state index is -0.588. The molecule has 1 N–H and O–H groups in total. The Morgan fingerprint density at radius 3 is 2.23 bits per heavy atom. The van der Waals surface area contributed by atoms with Crippen LogP contribution in [-0.2, 0) is 13.2 Å². The fourth-order valence-corrected chi connectivity index (χ4v) is 3.35. The zero-order valence-electron chi connectivity index (χ0n) is 16.6. The molecular formula is C24H20N2O5. The number of para-hydroxylation sites is 1. The number of aromatic nitrogens is 2. The first-order chi connectivity index (χ1) is 15.1. The van der Waals surface area contributed by atoms with Crippen molar-refractivity contribution in [2.24, 2.45) is 0 Å². The average Bonchev–Trinajstić information content (AvgIpc) is 2.82. The SMILES string of the molecule is O=C(CO)c1ccc(Cn2c(=O)n(OCc3ccccc3)c(=O)c3ccccc32)cc1. The van der Waals surface area contributed by atoms with Crippen LogP contribution in [0.4, 0.5) is 0 Å². The molecule has 156 valence electrons. The zero-order chi connectivity index (χ0) is 21.8. The topological polar surface area (TPSA) is 90.5 Å². The zero-order valence-corrected chi connectivity index (χ0v) is 16.6. The summed E-state index contributed by atoms with van der Waals surface area (Å²) >= 11 is 0. The molecule has 1 heterocycles. The van der Waals surface area contributed by atoms with Gasteiger partial charge in [-0.05, 0) is 23.3 Å². The van der Waals surface area contributed by atoms with Gasteiger partial charge in [0.2, 0.25) is 0 Å². The smallest absolute Gasteiger partial charge is 0.365 e. The molecule has 0 aliphatic carbocycles. The van der Waals surface area contributed by atoms with Crippen molar-refractivity contribution in [3.8, 4) is 0 Å². The Kier molecular flexibility index (Phi) is 5.77. The molecule has 0 aliphatic rings. The third-order valence-electron chi connectivity index (χ3n) is 4.98. The van der Waals surface area contributed by atoms with Gasteiger partial charge in [-0.15, -0.1) is 0 Å². The molecule has 7 nitrogen and oxygen atoms in total. The summed E-state index contributed by atoms with van der Waals surface area (Å²) in [4.78, 5) is 43.3. The Hall–Kier alpha value is -3.97. The first-order valence-corrected chi connectivity index (χ1v) is 9.73. The molecule has 0 atom stereocenters. The largest absolute Gasteiger partial charge is 0.401 e. The van der Waals surface area contributed by atoms with Crippen LogP contribution >= 0.6 is 0 Å². The molecule has 0 aliphatic heterocycles. The van der Waals surface area contributed by atoms with E-state index in [1.54, 1.807) is 48.5 Å². The third-order valence-corrected chi connectivity index (χ3v) is 4.98. The summed E-state index contributed by atoms with van der Waals surface area (Å²) in [5.74, 6) is -0.378. The Labute approximate surface area is 177 Å². The Balaban J connectivity index is 1.74. The van der Waals surface area contributed by atoms with E-state index in [-0.39, 0.29) is 18.9 Å². The lowest BCUT2D eigenvalue weighted by Crippen LogP contribution is -2.43. The fourth-order valence-electron chi connectivity index (χ4n) is 3.35. The number of benzene rings is 3. The summed E-state index contributed by atoms with van der Waals surface area (Å²) in [6, 6.07) is 22.8. The lowest BCUT2D eigenvalue weighted by atomic mass is 10.1. The molecule has 0 fully saturated rings. The molecule has 7 heteroatoms. The Bertz CT molecular complexity index is 1340. The number of aliphatic hydroxyl groups is 1. The monoisotopic (exact) mass is 416 g/mol. The molecule has 31 heavy (non-hydrogen) atoms. The number of carbonyl (C=O) groups excluding carboxylic acids is 1. The van der Waals surface area contributed by atoms with Crippen molar-refractivity contribution in [3.05, 3.63) is 116 Å². The van der Waals surface area contributed by atoms with Gasteiger partial charge >= 0.3 is 5.69 Å². The van der Waals surface area contributed by atoms with Crippen LogP contribution < -0.4 is 16.1 Å². The minimum Gasteiger partial charge on any atom is -0.401 e. The molecule has 0 radical (unpaired) electrons. The van der Waals surface area contributed by atoms with Crippen LogP contribution in [0.1, 0.15) is 21.5 Å². The van der Waals surface area contributed by atoms with Crippen molar-refractivity contribution in [1.29, 1.82) is 0 Å². The van der Waals surface area contributed by atoms with Crippen LogP contribution in [0.2, 0.25) is 0 Å². The average molecular weight is 416 g/mol.